The molecule has 0 aliphatic heterocycles. The Hall–Kier alpha value is -0.110. The van der Waals surface area contributed by atoms with Gasteiger partial charge in [-0.05, 0) is 41.9 Å². The minimum atomic E-state index is -0.0514. The molecule has 1 aromatic rings. The van der Waals surface area contributed by atoms with Gasteiger partial charge in [-0.1, -0.05) is 15.9 Å². The summed E-state index contributed by atoms with van der Waals surface area (Å²) in [6.07, 6.45) is 5.18. The molecule has 1 saturated carbocycles. The molecule has 1 heterocycles. The van der Waals surface area contributed by atoms with Crippen LogP contribution in [-0.2, 0) is 0 Å². The van der Waals surface area contributed by atoms with Crippen molar-refractivity contribution < 1.29 is 0 Å². The largest absolute Gasteiger partial charge is 0.352 e. The molecular formula is C10H13BrIN3O. The Morgan fingerprint density at radius 1 is 1.62 bits per heavy atom. The van der Waals surface area contributed by atoms with Crippen LogP contribution in [-0.4, -0.2) is 27.9 Å². The van der Waals surface area contributed by atoms with E-state index in [1.807, 2.05) is 0 Å². The van der Waals surface area contributed by atoms with Crippen LogP contribution in [0.1, 0.15) is 19.3 Å². The monoisotopic (exact) mass is 397 g/mol. The van der Waals surface area contributed by atoms with Gasteiger partial charge in [0.1, 0.15) is 9.39 Å². The molecule has 1 aliphatic rings. The van der Waals surface area contributed by atoms with Gasteiger partial charge < -0.3 is 9.88 Å². The Morgan fingerprint density at radius 3 is 2.94 bits per heavy atom. The van der Waals surface area contributed by atoms with Gasteiger partial charge in [-0.3, -0.25) is 4.79 Å². The van der Waals surface area contributed by atoms with E-state index in [-0.39, 0.29) is 5.56 Å². The summed E-state index contributed by atoms with van der Waals surface area (Å²) >= 11 is 5.52. The lowest BCUT2D eigenvalue weighted by Crippen LogP contribution is -2.43. The zero-order valence-electron chi connectivity index (χ0n) is 8.75. The quantitative estimate of drug-likeness (QED) is 0.625. The van der Waals surface area contributed by atoms with Crippen LogP contribution in [0.3, 0.4) is 0 Å². The van der Waals surface area contributed by atoms with Crippen molar-refractivity contribution in [3.63, 3.8) is 0 Å². The number of aromatic nitrogens is 2. The van der Waals surface area contributed by atoms with Crippen LogP contribution in [0.2, 0.25) is 0 Å². The van der Waals surface area contributed by atoms with Crippen LogP contribution in [0, 0.1) is 3.57 Å². The predicted molar refractivity (Wildman–Crippen MR) is 76.4 cm³/mol. The van der Waals surface area contributed by atoms with Gasteiger partial charge in [-0.15, -0.1) is 0 Å². The van der Waals surface area contributed by atoms with E-state index in [0.717, 1.165) is 17.7 Å². The molecule has 0 atom stereocenters. The van der Waals surface area contributed by atoms with E-state index in [9.17, 15) is 4.79 Å². The summed E-state index contributed by atoms with van der Waals surface area (Å²) < 4.78 is 0.688. The summed E-state index contributed by atoms with van der Waals surface area (Å²) in [4.78, 5) is 20.7. The molecule has 1 aromatic heterocycles. The van der Waals surface area contributed by atoms with Crippen LogP contribution in [0.5, 0.6) is 0 Å². The van der Waals surface area contributed by atoms with Crippen molar-refractivity contribution in [2.75, 3.05) is 16.8 Å². The second kappa shape index (κ2) is 5.48. The minimum absolute atomic E-state index is 0.0514. The lowest BCUT2D eigenvalue weighted by atomic mass is 9.91. The SMILES string of the molecule is O=c1[nH]cnc(N(CCBr)C2CCC2)c1I. The fourth-order valence-electron chi connectivity index (χ4n) is 1.82. The first-order chi connectivity index (χ1) is 7.74. The molecule has 16 heavy (non-hydrogen) atoms. The third kappa shape index (κ3) is 2.42. The Kier molecular flexibility index (Phi) is 4.23. The van der Waals surface area contributed by atoms with E-state index >= 15 is 0 Å². The highest BCUT2D eigenvalue weighted by molar-refractivity contribution is 14.1. The predicted octanol–water partition coefficient (Wildman–Crippen LogP) is 2.13. The van der Waals surface area contributed by atoms with Crippen molar-refractivity contribution >= 4 is 44.3 Å². The molecule has 0 aromatic carbocycles. The first-order valence-corrected chi connectivity index (χ1v) is 7.50. The van der Waals surface area contributed by atoms with Crippen LogP contribution >= 0.6 is 38.5 Å². The number of anilines is 1. The lowest BCUT2D eigenvalue weighted by molar-refractivity contribution is 0.388. The highest BCUT2D eigenvalue weighted by Gasteiger charge is 2.27. The highest BCUT2D eigenvalue weighted by atomic mass is 127. The molecule has 1 aliphatic carbocycles. The van der Waals surface area contributed by atoms with Gasteiger partial charge in [0.15, 0.2) is 0 Å². The van der Waals surface area contributed by atoms with Gasteiger partial charge in [0.25, 0.3) is 5.56 Å². The summed E-state index contributed by atoms with van der Waals surface area (Å²) in [6.45, 7) is 0.900. The molecule has 4 nitrogen and oxygen atoms in total. The zero-order chi connectivity index (χ0) is 11.5. The molecular weight excluding hydrogens is 385 g/mol. The molecule has 0 radical (unpaired) electrons. The summed E-state index contributed by atoms with van der Waals surface area (Å²) in [6, 6.07) is 0.556. The van der Waals surface area contributed by atoms with Gasteiger partial charge in [0.05, 0.1) is 6.33 Å². The first kappa shape index (κ1) is 12.3. The van der Waals surface area contributed by atoms with Crippen LogP contribution in [0.25, 0.3) is 0 Å². The molecule has 0 spiro atoms. The third-order valence-corrected chi connectivity index (χ3v) is 4.22. The van der Waals surface area contributed by atoms with Gasteiger partial charge in [-0.25, -0.2) is 4.98 Å². The number of alkyl halides is 1. The number of hydrogen-bond donors (Lipinski definition) is 1. The fourth-order valence-corrected chi connectivity index (χ4v) is 2.81. The third-order valence-electron chi connectivity index (χ3n) is 2.89. The van der Waals surface area contributed by atoms with E-state index in [0.29, 0.717) is 9.61 Å². The van der Waals surface area contributed by atoms with Crippen LogP contribution in [0.15, 0.2) is 11.1 Å². The average molecular weight is 398 g/mol. The van der Waals surface area contributed by atoms with Crippen molar-refractivity contribution in [1.82, 2.24) is 9.97 Å². The first-order valence-electron chi connectivity index (χ1n) is 5.30. The number of aromatic amines is 1. The van der Waals surface area contributed by atoms with Gasteiger partial charge >= 0.3 is 0 Å². The average Bonchev–Trinajstić information content (AvgIpc) is 2.19. The zero-order valence-corrected chi connectivity index (χ0v) is 12.5. The van der Waals surface area contributed by atoms with E-state index < -0.39 is 0 Å². The second-order valence-electron chi connectivity index (χ2n) is 3.84. The number of hydrogen-bond acceptors (Lipinski definition) is 3. The van der Waals surface area contributed by atoms with Crippen LogP contribution < -0.4 is 10.5 Å². The summed E-state index contributed by atoms with van der Waals surface area (Å²) in [7, 11) is 0. The van der Waals surface area contributed by atoms with Crippen molar-refractivity contribution in [3.8, 4) is 0 Å². The summed E-state index contributed by atoms with van der Waals surface area (Å²) in [5.74, 6) is 0.827. The van der Waals surface area contributed by atoms with Gasteiger partial charge in [-0.2, -0.15) is 0 Å². The Morgan fingerprint density at radius 2 is 2.38 bits per heavy atom. The number of nitrogens with one attached hydrogen (secondary N) is 1. The van der Waals surface area contributed by atoms with Crippen molar-refractivity contribution in [3.05, 3.63) is 20.3 Å². The van der Waals surface area contributed by atoms with Crippen LogP contribution in [0.4, 0.5) is 5.82 Å². The summed E-state index contributed by atoms with van der Waals surface area (Å²) in [5, 5.41) is 0.897. The molecule has 0 amide bonds. The maximum atomic E-state index is 11.5. The van der Waals surface area contributed by atoms with E-state index in [4.69, 9.17) is 0 Å². The number of halogens is 2. The molecule has 0 bridgehead atoms. The Balaban J connectivity index is 2.30. The van der Waals surface area contributed by atoms with Crippen molar-refractivity contribution in [1.29, 1.82) is 0 Å². The van der Waals surface area contributed by atoms with Gasteiger partial charge in [0, 0.05) is 17.9 Å². The minimum Gasteiger partial charge on any atom is -0.352 e. The van der Waals surface area contributed by atoms with E-state index in [2.05, 4.69) is 53.4 Å². The van der Waals surface area contributed by atoms with E-state index in [1.54, 1.807) is 0 Å². The normalized spacial score (nSPS) is 15.9. The van der Waals surface area contributed by atoms with Crippen molar-refractivity contribution in [2.45, 2.75) is 25.3 Å². The molecule has 6 heteroatoms. The molecule has 0 saturated heterocycles. The number of rotatable bonds is 4. The number of nitrogens with zero attached hydrogens (tertiary/aromatic N) is 2. The Bertz CT molecular complexity index is 419. The number of H-pyrrole nitrogens is 1. The maximum absolute atomic E-state index is 11.5. The molecule has 0 unspecified atom stereocenters. The molecule has 1 N–H and O–H groups in total. The Labute approximate surface area is 116 Å². The topological polar surface area (TPSA) is 49.0 Å². The molecule has 1 fully saturated rings. The second-order valence-corrected chi connectivity index (χ2v) is 5.71. The molecule has 2 rings (SSSR count). The summed E-state index contributed by atoms with van der Waals surface area (Å²) in [5.41, 5.74) is -0.0514. The highest BCUT2D eigenvalue weighted by Crippen LogP contribution is 2.29. The molecule has 88 valence electrons. The standard InChI is InChI=1S/C10H13BrIN3O/c11-4-5-15(7-2-1-3-7)9-8(12)10(16)14-6-13-9/h6-7H,1-5H2,(H,13,14,16). The smallest absolute Gasteiger partial charge is 0.266 e. The fraction of sp³-hybridized carbons (Fsp3) is 0.600. The maximum Gasteiger partial charge on any atom is 0.266 e. The van der Waals surface area contributed by atoms with Gasteiger partial charge in [0.2, 0.25) is 0 Å². The van der Waals surface area contributed by atoms with Crippen molar-refractivity contribution in [2.24, 2.45) is 0 Å². The van der Waals surface area contributed by atoms with E-state index in [1.165, 1.54) is 25.6 Å². The lowest BCUT2D eigenvalue weighted by Gasteiger charge is -2.38.